The fourth-order valence-electron chi connectivity index (χ4n) is 1.84. The highest BCUT2D eigenvalue weighted by Crippen LogP contribution is 2.26. The maximum Gasteiger partial charge on any atom is 0.287 e. The number of nitrogens with zero attached hydrogens (tertiary/aromatic N) is 3. The molecule has 0 aliphatic carbocycles. The number of H-pyrrole nitrogens is 1. The molecule has 0 aliphatic heterocycles. The largest absolute Gasteiger partial charge is 0.287 e. The van der Waals surface area contributed by atoms with Crippen molar-refractivity contribution >= 4 is 16.6 Å². The summed E-state index contributed by atoms with van der Waals surface area (Å²) in [7, 11) is 0. The number of pyridine rings is 1. The van der Waals surface area contributed by atoms with Gasteiger partial charge in [-0.25, -0.2) is 4.98 Å². The summed E-state index contributed by atoms with van der Waals surface area (Å²) in [5, 5.41) is 18.4. The van der Waals surface area contributed by atoms with Crippen LogP contribution >= 0.6 is 0 Å². The Bertz CT molecular complexity index is 718. The van der Waals surface area contributed by atoms with Crippen LogP contribution in [0.4, 0.5) is 5.69 Å². The molecular formula is C12H8N4O2. The predicted octanol–water partition coefficient (Wildman–Crippen LogP) is 2.53. The van der Waals surface area contributed by atoms with Crippen molar-refractivity contribution in [2.24, 2.45) is 0 Å². The lowest BCUT2D eigenvalue weighted by atomic mass is 10.1. The van der Waals surface area contributed by atoms with E-state index in [0.29, 0.717) is 5.69 Å². The van der Waals surface area contributed by atoms with Crippen LogP contribution in [0.3, 0.4) is 0 Å². The van der Waals surface area contributed by atoms with Gasteiger partial charge in [0.05, 0.1) is 22.3 Å². The Labute approximate surface area is 101 Å². The summed E-state index contributed by atoms with van der Waals surface area (Å²) < 4.78 is 0. The summed E-state index contributed by atoms with van der Waals surface area (Å²) in [6.45, 7) is 0. The Kier molecular flexibility index (Phi) is 2.26. The van der Waals surface area contributed by atoms with Crippen LogP contribution in [0.5, 0.6) is 0 Å². The summed E-state index contributed by atoms with van der Waals surface area (Å²) in [4.78, 5) is 14.2. The Morgan fingerprint density at radius 3 is 2.78 bits per heavy atom. The average Bonchev–Trinajstić information content (AvgIpc) is 2.87. The molecule has 1 N–H and O–H groups in total. The third-order valence-corrected chi connectivity index (χ3v) is 2.72. The first kappa shape index (κ1) is 10.4. The molecule has 0 saturated carbocycles. The zero-order valence-electron chi connectivity index (χ0n) is 9.20. The van der Waals surface area contributed by atoms with E-state index in [1.165, 1.54) is 12.3 Å². The van der Waals surface area contributed by atoms with Crippen molar-refractivity contribution in [3.05, 3.63) is 52.8 Å². The molecule has 0 aliphatic rings. The van der Waals surface area contributed by atoms with Crippen LogP contribution in [-0.2, 0) is 0 Å². The van der Waals surface area contributed by atoms with Crippen molar-refractivity contribution in [1.82, 2.24) is 15.2 Å². The van der Waals surface area contributed by atoms with Crippen LogP contribution in [0.2, 0.25) is 0 Å². The van der Waals surface area contributed by atoms with E-state index in [9.17, 15) is 10.1 Å². The van der Waals surface area contributed by atoms with Gasteiger partial charge >= 0.3 is 0 Å². The molecule has 0 saturated heterocycles. The lowest BCUT2D eigenvalue weighted by Crippen LogP contribution is -1.90. The van der Waals surface area contributed by atoms with Crippen LogP contribution in [0.15, 0.2) is 42.7 Å². The second-order valence-corrected chi connectivity index (χ2v) is 3.80. The van der Waals surface area contributed by atoms with Crippen LogP contribution in [0.1, 0.15) is 0 Å². The molecule has 0 atom stereocenters. The summed E-state index contributed by atoms with van der Waals surface area (Å²) in [5.41, 5.74) is 2.48. The second kappa shape index (κ2) is 3.92. The van der Waals surface area contributed by atoms with E-state index in [1.807, 2.05) is 18.2 Å². The van der Waals surface area contributed by atoms with Crippen molar-refractivity contribution < 1.29 is 4.92 Å². The maximum atomic E-state index is 10.6. The molecule has 2 heterocycles. The summed E-state index contributed by atoms with van der Waals surface area (Å²) in [5.74, 6) is 0. The van der Waals surface area contributed by atoms with Gasteiger partial charge in [0.2, 0.25) is 0 Å². The van der Waals surface area contributed by atoms with E-state index < -0.39 is 4.92 Å². The average molecular weight is 240 g/mol. The first-order chi connectivity index (χ1) is 8.75. The minimum Gasteiger partial charge on any atom is -0.278 e. The first-order valence-corrected chi connectivity index (χ1v) is 5.28. The SMILES string of the molecule is O=[N+]([O-])c1ccc(-c2cccc3[nH]ncc23)nc1. The second-order valence-electron chi connectivity index (χ2n) is 3.80. The highest BCUT2D eigenvalue weighted by atomic mass is 16.6. The molecule has 2 aromatic heterocycles. The van der Waals surface area contributed by atoms with Crippen LogP contribution < -0.4 is 0 Å². The molecule has 6 nitrogen and oxygen atoms in total. The monoisotopic (exact) mass is 240 g/mol. The van der Waals surface area contributed by atoms with E-state index >= 15 is 0 Å². The van der Waals surface area contributed by atoms with Gasteiger partial charge in [0.15, 0.2) is 0 Å². The number of rotatable bonds is 2. The van der Waals surface area contributed by atoms with Gasteiger partial charge in [-0.3, -0.25) is 15.2 Å². The standard InChI is InChI=1S/C12H8N4O2/c17-16(18)8-4-5-11(13-6-8)9-2-1-3-12-10(9)7-14-15-12/h1-7H,(H,14,15). The minimum absolute atomic E-state index is 0.0156. The van der Waals surface area contributed by atoms with Gasteiger partial charge in [-0.1, -0.05) is 12.1 Å². The highest BCUT2D eigenvalue weighted by Gasteiger charge is 2.09. The Balaban J connectivity index is 2.14. The van der Waals surface area contributed by atoms with Gasteiger partial charge in [0.25, 0.3) is 5.69 Å². The van der Waals surface area contributed by atoms with E-state index in [4.69, 9.17) is 0 Å². The lowest BCUT2D eigenvalue weighted by Gasteiger charge is -2.01. The molecule has 1 aromatic carbocycles. The predicted molar refractivity (Wildman–Crippen MR) is 66.0 cm³/mol. The zero-order valence-corrected chi connectivity index (χ0v) is 9.20. The molecule has 0 fully saturated rings. The molecule has 3 rings (SSSR count). The summed E-state index contributed by atoms with van der Waals surface area (Å²) >= 11 is 0. The van der Waals surface area contributed by atoms with Gasteiger partial charge in [-0.05, 0) is 12.1 Å². The number of aromatic nitrogens is 3. The van der Waals surface area contributed by atoms with E-state index in [1.54, 1.807) is 12.3 Å². The van der Waals surface area contributed by atoms with Crippen molar-refractivity contribution in [3.8, 4) is 11.3 Å². The molecular weight excluding hydrogens is 232 g/mol. The van der Waals surface area contributed by atoms with Crippen molar-refractivity contribution in [3.63, 3.8) is 0 Å². The minimum atomic E-state index is -0.463. The normalized spacial score (nSPS) is 10.7. The number of hydrogen-bond donors (Lipinski definition) is 1. The van der Waals surface area contributed by atoms with Gasteiger partial charge in [-0.2, -0.15) is 5.10 Å². The van der Waals surface area contributed by atoms with Gasteiger partial charge in [-0.15, -0.1) is 0 Å². The lowest BCUT2D eigenvalue weighted by molar-refractivity contribution is -0.385. The number of aromatic amines is 1. The van der Waals surface area contributed by atoms with E-state index in [-0.39, 0.29) is 5.69 Å². The number of benzene rings is 1. The van der Waals surface area contributed by atoms with Gasteiger partial charge in [0, 0.05) is 17.0 Å². The number of nitrogens with one attached hydrogen (secondary N) is 1. The highest BCUT2D eigenvalue weighted by molar-refractivity contribution is 5.93. The van der Waals surface area contributed by atoms with Crippen molar-refractivity contribution in [1.29, 1.82) is 0 Å². The van der Waals surface area contributed by atoms with Crippen LogP contribution in [0.25, 0.3) is 22.2 Å². The number of fused-ring (bicyclic) bond motifs is 1. The Morgan fingerprint density at radius 1 is 1.17 bits per heavy atom. The smallest absolute Gasteiger partial charge is 0.278 e. The Morgan fingerprint density at radius 2 is 2.06 bits per heavy atom. The molecule has 18 heavy (non-hydrogen) atoms. The van der Waals surface area contributed by atoms with Crippen LogP contribution in [-0.4, -0.2) is 20.1 Å². The zero-order chi connectivity index (χ0) is 12.5. The number of nitro groups is 1. The fourth-order valence-corrected chi connectivity index (χ4v) is 1.84. The molecule has 0 amide bonds. The molecule has 6 heteroatoms. The summed E-state index contributed by atoms with van der Waals surface area (Å²) in [6.07, 6.45) is 2.97. The first-order valence-electron chi connectivity index (χ1n) is 5.28. The molecule has 3 aromatic rings. The van der Waals surface area contributed by atoms with Crippen molar-refractivity contribution in [2.75, 3.05) is 0 Å². The maximum absolute atomic E-state index is 10.6. The van der Waals surface area contributed by atoms with Gasteiger partial charge in [0.1, 0.15) is 6.20 Å². The fraction of sp³-hybridized carbons (Fsp3) is 0. The van der Waals surface area contributed by atoms with Crippen LogP contribution in [0, 0.1) is 10.1 Å². The van der Waals surface area contributed by atoms with E-state index in [0.717, 1.165) is 16.5 Å². The molecule has 0 bridgehead atoms. The molecule has 0 unspecified atom stereocenters. The molecule has 0 spiro atoms. The third kappa shape index (κ3) is 1.60. The quantitative estimate of drug-likeness (QED) is 0.551. The summed E-state index contributed by atoms with van der Waals surface area (Å²) in [6, 6.07) is 8.79. The Hall–Kier alpha value is -2.76. The van der Waals surface area contributed by atoms with Gasteiger partial charge < -0.3 is 0 Å². The molecule has 0 radical (unpaired) electrons. The van der Waals surface area contributed by atoms with E-state index in [2.05, 4.69) is 15.2 Å². The van der Waals surface area contributed by atoms with Crippen molar-refractivity contribution in [2.45, 2.75) is 0 Å². The molecule has 88 valence electrons. The third-order valence-electron chi connectivity index (χ3n) is 2.72. The topological polar surface area (TPSA) is 84.7 Å². The number of hydrogen-bond acceptors (Lipinski definition) is 4.